The van der Waals surface area contributed by atoms with E-state index in [0.29, 0.717) is 16.6 Å². The zero-order valence-corrected chi connectivity index (χ0v) is 10.2. The summed E-state index contributed by atoms with van der Waals surface area (Å²) in [6, 6.07) is 1.62. The van der Waals surface area contributed by atoms with Gasteiger partial charge in [-0.3, -0.25) is 9.69 Å². The summed E-state index contributed by atoms with van der Waals surface area (Å²) in [5, 5.41) is 3.25. The third-order valence-corrected chi connectivity index (χ3v) is 2.25. The summed E-state index contributed by atoms with van der Waals surface area (Å²) in [7, 11) is 4.85. The number of nitrogens with one attached hydrogen (secondary N) is 1. The van der Waals surface area contributed by atoms with E-state index in [1.807, 2.05) is 0 Å². The molecule has 0 unspecified atom stereocenters. The molecular weight excluding hydrogens is 230 g/mol. The van der Waals surface area contributed by atoms with E-state index in [1.165, 1.54) is 18.2 Å². The molecule has 0 aliphatic heterocycles. The van der Waals surface area contributed by atoms with Gasteiger partial charge in [0.1, 0.15) is 0 Å². The maximum atomic E-state index is 11.6. The molecule has 6 heteroatoms. The Morgan fingerprint density at radius 2 is 2.38 bits per heavy atom. The monoisotopic (exact) mass is 243 g/mol. The van der Waals surface area contributed by atoms with Crippen LogP contribution in [0.4, 0.5) is 5.82 Å². The topological polar surface area (TPSA) is 54.5 Å². The molecule has 0 aliphatic rings. The zero-order chi connectivity index (χ0) is 12.1. The summed E-state index contributed by atoms with van der Waals surface area (Å²) < 4.78 is 5.11. The van der Waals surface area contributed by atoms with Gasteiger partial charge in [-0.05, 0) is 7.05 Å². The molecule has 1 rings (SSSR count). The number of methoxy groups -OCH3 is 1. The van der Waals surface area contributed by atoms with E-state index in [4.69, 9.17) is 16.3 Å². The van der Waals surface area contributed by atoms with Crippen LogP contribution >= 0.6 is 11.6 Å². The van der Waals surface area contributed by atoms with Crippen molar-refractivity contribution < 1.29 is 9.53 Å². The van der Waals surface area contributed by atoms with Gasteiger partial charge in [0.2, 0.25) is 5.91 Å². The van der Waals surface area contributed by atoms with Crippen molar-refractivity contribution in [2.24, 2.45) is 0 Å². The molecule has 1 aromatic rings. The second kappa shape index (κ2) is 5.67. The number of rotatable bonds is 4. The Hall–Kier alpha value is -1.33. The van der Waals surface area contributed by atoms with Gasteiger partial charge in [-0.1, -0.05) is 11.6 Å². The molecule has 0 aliphatic carbocycles. The first-order valence-corrected chi connectivity index (χ1v) is 5.08. The van der Waals surface area contributed by atoms with Crippen molar-refractivity contribution in [3.63, 3.8) is 0 Å². The van der Waals surface area contributed by atoms with E-state index in [9.17, 15) is 4.79 Å². The molecule has 0 saturated carbocycles. The van der Waals surface area contributed by atoms with E-state index >= 15 is 0 Å². The highest BCUT2D eigenvalue weighted by Gasteiger charge is 2.16. The molecule has 0 bridgehead atoms. The maximum Gasteiger partial charge on any atom is 0.241 e. The van der Waals surface area contributed by atoms with E-state index in [0.717, 1.165) is 0 Å². The summed E-state index contributed by atoms with van der Waals surface area (Å²) in [5.74, 6) is 0.822. The molecule has 88 valence electrons. The molecule has 1 N–H and O–H groups in total. The molecule has 16 heavy (non-hydrogen) atoms. The second-order valence-corrected chi connectivity index (χ2v) is 3.60. The minimum Gasteiger partial charge on any atom is -0.493 e. The standard InChI is InChI=1S/C10H14ClN3O2/c1-12-6-9(15)14(2)10-8(16-3)4-7(11)5-13-10/h4-5,12H,6H2,1-3H3. The van der Waals surface area contributed by atoms with Gasteiger partial charge in [0.25, 0.3) is 0 Å². The van der Waals surface area contributed by atoms with Crippen LogP contribution < -0.4 is 15.0 Å². The molecule has 0 radical (unpaired) electrons. The Morgan fingerprint density at radius 3 is 2.94 bits per heavy atom. The van der Waals surface area contributed by atoms with E-state index < -0.39 is 0 Å². The SMILES string of the molecule is CNCC(=O)N(C)c1ncc(Cl)cc1OC. The molecule has 0 atom stereocenters. The van der Waals surface area contributed by atoms with E-state index in [2.05, 4.69) is 10.3 Å². The van der Waals surface area contributed by atoms with Crippen molar-refractivity contribution in [2.45, 2.75) is 0 Å². The van der Waals surface area contributed by atoms with Crippen LogP contribution in [0.5, 0.6) is 5.75 Å². The van der Waals surface area contributed by atoms with Crippen molar-refractivity contribution in [1.82, 2.24) is 10.3 Å². The molecule has 5 nitrogen and oxygen atoms in total. The van der Waals surface area contributed by atoms with Crippen LogP contribution in [0.15, 0.2) is 12.3 Å². The van der Waals surface area contributed by atoms with Crippen molar-refractivity contribution in [1.29, 1.82) is 0 Å². The van der Waals surface area contributed by atoms with Crippen molar-refractivity contribution in [2.75, 3.05) is 32.6 Å². The normalized spacial score (nSPS) is 10.0. The Kier molecular flexibility index (Phi) is 4.52. The number of hydrogen-bond acceptors (Lipinski definition) is 4. The number of amides is 1. The number of hydrogen-bond donors (Lipinski definition) is 1. The third-order valence-electron chi connectivity index (χ3n) is 2.04. The molecule has 1 aromatic heterocycles. The van der Waals surface area contributed by atoms with Gasteiger partial charge in [-0.25, -0.2) is 4.98 Å². The van der Waals surface area contributed by atoms with Gasteiger partial charge in [0, 0.05) is 19.3 Å². The van der Waals surface area contributed by atoms with Crippen LogP contribution in [0, 0.1) is 0 Å². The van der Waals surface area contributed by atoms with Crippen LogP contribution in [-0.2, 0) is 4.79 Å². The largest absolute Gasteiger partial charge is 0.493 e. The maximum absolute atomic E-state index is 11.6. The first-order chi connectivity index (χ1) is 7.60. The third kappa shape index (κ3) is 2.84. The van der Waals surface area contributed by atoms with Crippen LogP contribution in [0.1, 0.15) is 0 Å². The predicted octanol–water partition coefficient (Wildman–Crippen LogP) is 0.926. The fourth-order valence-electron chi connectivity index (χ4n) is 1.20. The van der Waals surface area contributed by atoms with Gasteiger partial charge < -0.3 is 10.1 Å². The van der Waals surface area contributed by atoms with Crippen LogP contribution in [0.25, 0.3) is 0 Å². The Bertz CT molecular complexity index is 384. The number of nitrogens with zero attached hydrogens (tertiary/aromatic N) is 2. The molecule has 0 spiro atoms. The Labute approximate surface area is 99.4 Å². The number of aromatic nitrogens is 1. The number of carbonyl (C=O) groups is 1. The van der Waals surface area contributed by atoms with Gasteiger partial charge in [-0.2, -0.15) is 0 Å². The smallest absolute Gasteiger partial charge is 0.241 e. The van der Waals surface area contributed by atoms with Crippen LogP contribution in [0.2, 0.25) is 5.02 Å². The fraction of sp³-hybridized carbons (Fsp3) is 0.400. The van der Waals surface area contributed by atoms with Crippen molar-refractivity contribution in [3.05, 3.63) is 17.3 Å². The Balaban J connectivity index is 2.98. The number of ether oxygens (including phenoxy) is 1. The number of likely N-dealkylation sites (N-methyl/N-ethyl adjacent to an activating group) is 2. The van der Waals surface area contributed by atoms with Crippen LogP contribution in [-0.4, -0.2) is 38.6 Å². The second-order valence-electron chi connectivity index (χ2n) is 3.16. The highest BCUT2D eigenvalue weighted by molar-refractivity contribution is 6.30. The van der Waals surface area contributed by atoms with Crippen LogP contribution in [0.3, 0.4) is 0 Å². The van der Waals surface area contributed by atoms with E-state index in [1.54, 1.807) is 20.2 Å². The highest BCUT2D eigenvalue weighted by atomic mass is 35.5. The predicted molar refractivity (Wildman–Crippen MR) is 63.1 cm³/mol. The highest BCUT2D eigenvalue weighted by Crippen LogP contribution is 2.27. The molecular formula is C10H14ClN3O2. The summed E-state index contributed by atoms with van der Waals surface area (Å²) in [4.78, 5) is 17.1. The fourth-order valence-corrected chi connectivity index (χ4v) is 1.35. The molecule has 1 amide bonds. The first-order valence-electron chi connectivity index (χ1n) is 4.70. The van der Waals surface area contributed by atoms with Crippen molar-refractivity contribution >= 4 is 23.3 Å². The number of pyridine rings is 1. The minimum atomic E-state index is -0.101. The summed E-state index contributed by atoms with van der Waals surface area (Å²) >= 11 is 5.78. The average molecular weight is 244 g/mol. The summed E-state index contributed by atoms with van der Waals surface area (Å²) in [5.41, 5.74) is 0. The average Bonchev–Trinajstić information content (AvgIpc) is 2.28. The van der Waals surface area contributed by atoms with Gasteiger partial charge in [0.05, 0.1) is 18.7 Å². The lowest BCUT2D eigenvalue weighted by Gasteiger charge is -2.18. The number of halogens is 1. The lowest BCUT2D eigenvalue weighted by atomic mass is 10.4. The molecule has 1 heterocycles. The quantitative estimate of drug-likeness (QED) is 0.855. The van der Waals surface area contributed by atoms with Gasteiger partial charge in [-0.15, -0.1) is 0 Å². The number of carbonyl (C=O) groups excluding carboxylic acids is 1. The van der Waals surface area contributed by atoms with Crippen molar-refractivity contribution in [3.8, 4) is 5.75 Å². The van der Waals surface area contributed by atoms with Gasteiger partial charge >= 0.3 is 0 Å². The first kappa shape index (κ1) is 12.7. The number of anilines is 1. The summed E-state index contributed by atoms with van der Waals surface area (Å²) in [6.45, 7) is 0.240. The molecule has 0 saturated heterocycles. The molecule has 0 aromatic carbocycles. The van der Waals surface area contributed by atoms with Gasteiger partial charge in [0.15, 0.2) is 11.6 Å². The van der Waals surface area contributed by atoms with E-state index in [-0.39, 0.29) is 12.5 Å². The lowest BCUT2D eigenvalue weighted by molar-refractivity contribution is -0.117. The zero-order valence-electron chi connectivity index (χ0n) is 9.45. The Morgan fingerprint density at radius 1 is 1.69 bits per heavy atom. The molecule has 0 fully saturated rings. The summed E-state index contributed by atoms with van der Waals surface area (Å²) in [6.07, 6.45) is 1.47. The lowest BCUT2D eigenvalue weighted by Crippen LogP contribution is -2.34. The minimum absolute atomic E-state index is 0.101.